The molecule has 2 heterocycles. The largest absolute Gasteiger partial charge is 0.353 e. The van der Waals surface area contributed by atoms with Crippen LogP contribution in [0.25, 0.3) is 6.08 Å². The first-order valence-electron chi connectivity index (χ1n) is 8.08. The Morgan fingerprint density at radius 1 is 1.26 bits per heavy atom. The number of carbonyl (C=O) groups excluding carboxylic acids is 1. The van der Waals surface area contributed by atoms with Crippen molar-refractivity contribution >= 4 is 23.3 Å². The van der Waals surface area contributed by atoms with Crippen LogP contribution in [0.1, 0.15) is 23.1 Å². The van der Waals surface area contributed by atoms with Gasteiger partial charge in [0.15, 0.2) is 0 Å². The van der Waals surface area contributed by atoms with Gasteiger partial charge in [0.2, 0.25) is 5.91 Å². The van der Waals surface area contributed by atoms with Crippen LogP contribution in [0, 0.1) is 0 Å². The van der Waals surface area contributed by atoms with Crippen molar-refractivity contribution in [1.82, 2.24) is 10.2 Å². The lowest BCUT2D eigenvalue weighted by Gasteiger charge is -2.28. The van der Waals surface area contributed by atoms with Crippen molar-refractivity contribution in [2.24, 2.45) is 0 Å². The predicted octanol–water partition coefficient (Wildman–Crippen LogP) is 3.33. The molecule has 1 N–H and O–H groups in total. The molecule has 3 rings (SSSR count). The summed E-state index contributed by atoms with van der Waals surface area (Å²) in [6.45, 7) is 3.90. The van der Waals surface area contributed by atoms with E-state index in [1.165, 1.54) is 11.1 Å². The molecule has 1 aromatic carbocycles. The summed E-state index contributed by atoms with van der Waals surface area (Å²) in [5.41, 5.74) is 4.01. The summed E-state index contributed by atoms with van der Waals surface area (Å²) in [5.74, 6) is -0.0137. The van der Waals surface area contributed by atoms with Gasteiger partial charge in [0.1, 0.15) is 0 Å². The lowest BCUT2D eigenvalue weighted by molar-refractivity contribution is -0.116. The Morgan fingerprint density at radius 2 is 2.13 bits per heavy atom. The highest BCUT2D eigenvalue weighted by molar-refractivity contribution is 7.08. The van der Waals surface area contributed by atoms with Crippen molar-refractivity contribution < 1.29 is 4.79 Å². The van der Waals surface area contributed by atoms with Gasteiger partial charge in [-0.3, -0.25) is 9.69 Å². The van der Waals surface area contributed by atoms with Gasteiger partial charge in [0, 0.05) is 32.3 Å². The monoisotopic (exact) mass is 326 g/mol. The standard InChI is InChI=1S/C19H22N2OS/c22-19(7-6-16-9-13-23-15-16)20-10-3-11-21-12-8-17-4-1-2-5-18(17)14-21/h1-2,4-7,9,13,15H,3,8,10-12,14H2,(H,20,22). The smallest absolute Gasteiger partial charge is 0.244 e. The minimum Gasteiger partial charge on any atom is -0.353 e. The van der Waals surface area contributed by atoms with Crippen LogP contribution in [-0.4, -0.2) is 30.4 Å². The average Bonchev–Trinajstić information content (AvgIpc) is 3.10. The van der Waals surface area contributed by atoms with E-state index >= 15 is 0 Å². The van der Waals surface area contributed by atoms with Crippen LogP contribution in [0.4, 0.5) is 0 Å². The zero-order valence-corrected chi connectivity index (χ0v) is 14.0. The molecule has 1 amide bonds. The van der Waals surface area contributed by atoms with Gasteiger partial charge in [0.25, 0.3) is 0 Å². The molecule has 0 unspecified atom stereocenters. The van der Waals surface area contributed by atoms with Crippen molar-refractivity contribution in [2.45, 2.75) is 19.4 Å². The van der Waals surface area contributed by atoms with Crippen molar-refractivity contribution in [3.8, 4) is 0 Å². The molecule has 3 nitrogen and oxygen atoms in total. The maximum absolute atomic E-state index is 11.7. The van der Waals surface area contributed by atoms with E-state index in [2.05, 4.69) is 34.5 Å². The number of thiophene rings is 1. The summed E-state index contributed by atoms with van der Waals surface area (Å²) >= 11 is 1.64. The fraction of sp³-hybridized carbons (Fsp3) is 0.316. The molecule has 1 aliphatic heterocycles. The number of hydrogen-bond donors (Lipinski definition) is 1. The van der Waals surface area contributed by atoms with Crippen LogP contribution < -0.4 is 5.32 Å². The third-order valence-electron chi connectivity index (χ3n) is 4.13. The quantitative estimate of drug-likeness (QED) is 0.652. The number of rotatable bonds is 6. The lowest BCUT2D eigenvalue weighted by Crippen LogP contribution is -2.33. The van der Waals surface area contributed by atoms with E-state index in [0.717, 1.165) is 44.6 Å². The normalized spacial score (nSPS) is 14.8. The third-order valence-corrected chi connectivity index (χ3v) is 4.83. The lowest BCUT2D eigenvalue weighted by atomic mass is 10.00. The van der Waals surface area contributed by atoms with E-state index in [1.807, 2.05) is 22.9 Å². The van der Waals surface area contributed by atoms with Gasteiger partial charge in [0.05, 0.1) is 0 Å². The number of amides is 1. The molecule has 1 aromatic heterocycles. The van der Waals surface area contributed by atoms with Gasteiger partial charge < -0.3 is 5.32 Å². The van der Waals surface area contributed by atoms with Gasteiger partial charge in [-0.2, -0.15) is 11.3 Å². The topological polar surface area (TPSA) is 32.3 Å². The second kappa shape index (κ2) is 8.09. The fourth-order valence-electron chi connectivity index (χ4n) is 2.86. The molecule has 0 atom stereocenters. The van der Waals surface area contributed by atoms with Crippen LogP contribution in [0.2, 0.25) is 0 Å². The maximum Gasteiger partial charge on any atom is 0.244 e. The van der Waals surface area contributed by atoms with E-state index in [4.69, 9.17) is 0 Å². The zero-order chi connectivity index (χ0) is 15.9. The first kappa shape index (κ1) is 16.0. The Kier molecular flexibility index (Phi) is 5.61. The van der Waals surface area contributed by atoms with Gasteiger partial charge in [-0.05, 0) is 52.4 Å². The molecule has 0 saturated carbocycles. The molecule has 4 heteroatoms. The highest BCUT2D eigenvalue weighted by atomic mass is 32.1. The summed E-state index contributed by atoms with van der Waals surface area (Å²) in [7, 11) is 0. The Morgan fingerprint density at radius 3 is 2.96 bits per heavy atom. The number of nitrogens with one attached hydrogen (secondary N) is 1. The summed E-state index contributed by atoms with van der Waals surface area (Å²) in [6.07, 6.45) is 5.58. The van der Waals surface area contributed by atoms with Crippen LogP contribution in [0.15, 0.2) is 47.2 Å². The van der Waals surface area contributed by atoms with Gasteiger partial charge in [-0.25, -0.2) is 0 Å². The molecular weight excluding hydrogens is 304 g/mol. The van der Waals surface area contributed by atoms with E-state index in [0.29, 0.717) is 0 Å². The minimum atomic E-state index is -0.0137. The van der Waals surface area contributed by atoms with Crippen molar-refractivity contribution in [3.63, 3.8) is 0 Å². The summed E-state index contributed by atoms with van der Waals surface area (Å²) < 4.78 is 0. The Hall–Kier alpha value is -1.91. The van der Waals surface area contributed by atoms with E-state index in [1.54, 1.807) is 17.4 Å². The SMILES string of the molecule is O=C(C=Cc1ccsc1)NCCCN1CCc2ccccc2C1. The summed E-state index contributed by atoms with van der Waals surface area (Å²) in [5, 5.41) is 6.99. The molecule has 0 spiro atoms. The van der Waals surface area contributed by atoms with Crippen LogP contribution >= 0.6 is 11.3 Å². The Balaban J connectivity index is 1.35. The second-order valence-corrected chi connectivity index (χ2v) is 6.61. The maximum atomic E-state index is 11.7. The molecule has 23 heavy (non-hydrogen) atoms. The fourth-order valence-corrected chi connectivity index (χ4v) is 3.49. The van der Waals surface area contributed by atoms with Crippen molar-refractivity contribution in [1.29, 1.82) is 0 Å². The van der Waals surface area contributed by atoms with Crippen LogP contribution in [0.3, 0.4) is 0 Å². The van der Waals surface area contributed by atoms with Gasteiger partial charge in [-0.1, -0.05) is 24.3 Å². The highest BCUT2D eigenvalue weighted by Crippen LogP contribution is 2.18. The Labute approximate surface area is 141 Å². The van der Waals surface area contributed by atoms with Gasteiger partial charge in [-0.15, -0.1) is 0 Å². The molecule has 0 radical (unpaired) electrons. The highest BCUT2D eigenvalue weighted by Gasteiger charge is 2.14. The number of benzene rings is 1. The summed E-state index contributed by atoms with van der Waals surface area (Å²) in [4.78, 5) is 14.2. The minimum absolute atomic E-state index is 0.0137. The first-order valence-corrected chi connectivity index (χ1v) is 9.03. The number of hydrogen-bond acceptors (Lipinski definition) is 3. The third kappa shape index (κ3) is 4.78. The molecule has 0 fully saturated rings. The molecule has 0 aliphatic carbocycles. The molecule has 2 aromatic rings. The van der Waals surface area contributed by atoms with Crippen LogP contribution in [0.5, 0.6) is 0 Å². The first-order chi connectivity index (χ1) is 11.3. The summed E-state index contributed by atoms with van der Waals surface area (Å²) in [6, 6.07) is 10.7. The number of nitrogens with zero attached hydrogens (tertiary/aromatic N) is 1. The molecular formula is C19H22N2OS. The van der Waals surface area contributed by atoms with Crippen molar-refractivity contribution in [2.75, 3.05) is 19.6 Å². The number of carbonyl (C=O) groups is 1. The number of fused-ring (bicyclic) bond motifs is 1. The second-order valence-electron chi connectivity index (χ2n) is 5.83. The average molecular weight is 326 g/mol. The van der Waals surface area contributed by atoms with Crippen molar-refractivity contribution in [3.05, 3.63) is 63.9 Å². The predicted molar refractivity (Wildman–Crippen MR) is 96.4 cm³/mol. The van der Waals surface area contributed by atoms with E-state index in [9.17, 15) is 4.79 Å². The molecule has 120 valence electrons. The molecule has 1 aliphatic rings. The van der Waals surface area contributed by atoms with Crippen LogP contribution in [-0.2, 0) is 17.8 Å². The Bertz CT molecular complexity index is 664. The van der Waals surface area contributed by atoms with E-state index in [-0.39, 0.29) is 5.91 Å². The molecule has 0 saturated heterocycles. The van der Waals surface area contributed by atoms with Gasteiger partial charge >= 0.3 is 0 Å². The molecule has 0 bridgehead atoms. The zero-order valence-electron chi connectivity index (χ0n) is 13.2. The van der Waals surface area contributed by atoms with E-state index < -0.39 is 0 Å².